The van der Waals surface area contributed by atoms with Gasteiger partial charge in [-0.25, -0.2) is 0 Å². The average Bonchev–Trinajstić information content (AvgIpc) is 2.74. The third-order valence-electron chi connectivity index (χ3n) is 4.91. The van der Waals surface area contributed by atoms with E-state index in [4.69, 9.17) is 14.2 Å². The summed E-state index contributed by atoms with van der Waals surface area (Å²) < 4.78 is 16.9. The first-order chi connectivity index (χ1) is 13.8. The van der Waals surface area contributed by atoms with Gasteiger partial charge in [0.2, 0.25) is 0 Å². The molecule has 5 heteroatoms. The Bertz CT molecular complexity index is 702. The lowest BCUT2D eigenvalue weighted by Crippen LogP contribution is -2.41. The van der Waals surface area contributed by atoms with Gasteiger partial charge in [0.05, 0.1) is 26.4 Å². The van der Waals surface area contributed by atoms with Gasteiger partial charge in [0.15, 0.2) is 11.5 Å². The van der Waals surface area contributed by atoms with Crippen LogP contribution in [0.3, 0.4) is 0 Å². The largest absolute Gasteiger partial charge is 0.490 e. The fraction of sp³-hybridized carbons (Fsp3) is 0.478. The minimum Gasteiger partial charge on any atom is -0.490 e. The summed E-state index contributed by atoms with van der Waals surface area (Å²) in [5.74, 6) is 1.62. The van der Waals surface area contributed by atoms with Crippen LogP contribution in [-0.4, -0.2) is 51.0 Å². The van der Waals surface area contributed by atoms with Crippen molar-refractivity contribution in [2.24, 2.45) is 0 Å². The van der Waals surface area contributed by atoms with E-state index in [-0.39, 0.29) is 6.04 Å². The van der Waals surface area contributed by atoms with E-state index in [9.17, 15) is 0 Å². The van der Waals surface area contributed by atoms with E-state index in [1.165, 1.54) is 11.1 Å². The molecular weight excluding hydrogens is 352 g/mol. The first kappa shape index (κ1) is 20.6. The molecule has 3 rings (SSSR count). The Kier molecular flexibility index (Phi) is 8.15. The molecule has 0 amide bonds. The maximum Gasteiger partial charge on any atom is 0.161 e. The van der Waals surface area contributed by atoms with Crippen LogP contribution < -0.4 is 14.8 Å². The molecule has 1 heterocycles. The molecule has 0 saturated carbocycles. The summed E-state index contributed by atoms with van der Waals surface area (Å²) >= 11 is 0. The van der Waals surface area contributed by atoms with Gasteiger partial charge >= 0.3 is 0 Å². The summed E-state index contributed by atoms with van der Waals surface area (Å²) in [6, 6.07) is 17.1. The third kappa shape index (κ3) is 5.96. The molecule has 2 aromatic carbocycles. The number of benzene rings is 2. The zero-order chi connectivity index (χ0) is 19.6. The highest BCUT2D eigenvalue weighted by Gasteiger charge is 2.18. The van der Waals surface area contributed by atoms with Crippen LogP contribution in [0.2, 0.25) is 0 Å². The lowest BCUT2D eigenvalue weighted by molar-refractivity contribution is 0.0333. The summed E-state index contributed by atoms with van der Waals surface area (Å²) in [7, 11) is 0. The molecule has 28 heavy (non-hydrogen) atoms. The Morgan fingerprint density at radius 2 is 1.68 bits per heavy atom. The highest BCUT2D eigenvalue weighted by Crippen LogP contribution is 2.29. The zero-order valence-electron chi connectivity index (χ0n) is 17.0. The van der Waals surface area contributed by atoms with Crippen LogP contribution in [0.15, 0.2) is 48.5 Å². The quantitative estimate of drug-likeness (QED) is 0.677. The average molecular weight is 385 g/mol. The van der Waals surface area contributed by atoms with Crippen LogP contribution in [-0.2, 0) is 11.3 Å². The van der Waals surface area contributed by atoms with Gasteiger partial charge in [0.1, 0.15) is 0 Å². The molecule has 0 spiro atoms. The third-order valence-corrected chi connectivity index (χ3v) is 4.91. The maximum absolute atomic E-state index is 5.77. The summed E-state index contributed by atoms with van der Waals surface area (Å²) in [5.41, 5.74) is 2.50. The van der Waals surface area contributed by atoms with Gasteiger partial charge < -0.3 is 19.5 Å². The Balaban J connectivity index is 1.69. The number of hydrogen-bond donors (Lipinski definition) is 1. The van der Waals surface area contributed by atoms with Crippen molar-refractivity contribution in [3.63, 3.8) is 0 Å². The van der Waals surface area contributed by atoms with Crippen LogP contribution in [0.4, 0.5) is 0 Å². The number of rotatable bonds is 10. The maximum atomic E-state index is 5.77. The number of nitrogens with zero attached hydrogens (tertiary/aromatic N) is 1. The highest BCUT2D eigenvalue weighted by molar-refractivity contribution is 5.43. The van der Waals surface area contributed by atoms with Crippen molar-refractivity contribution in [2.75, 3.05) is 46.1 Å². The molecule has 0 bridgehead atoms. The molecule has 1 N–H and O–H groups in total. The van der Waals surface area contributed by atoms with Gasteiger partial charge in [0.25, 0.3) is 0 Å². The van der Waals surface area contributed by atoms with Crippen LogP contribution in [0.5, 0.6) is 11.5 Å². The fourth-order valence-corrected chi connectivity index (χ4v) is 3.46. The molecule has 0 aliphatic carbocycles. The number of hydrogen-bond acceptors (Lipinski definition) is 5. The van der Waals surface area contributed by atoms with E-state index in [1.54, 1.807) is 0 Å². The highest BCUT2D eigenvalue weighted by atomic mass is 16.5. The van der Waals surface area contributed by atoms with Gasteiger partial charge in [-0.1, -0.05) is 36.4 Å². The van der Waals surface area contributed by atoms with Gasteiger partial charge in [-0.15, -0.1) is 0 Å². The monoisotopic (exact) mass is 384 g/mol. The molecule has 1 saturated heterocycles. The molecule has 1 aliphatic rings. The topological polar surface area (TPSA) is 43.0 Å². The van der Waals surface area contributed by atoms with Gasteiger partial charge in [0, 0.05) is 32.2 Å². The van der Waals surface area contributed by atoms with Gasteiger partial charge in [-0.2, -0.15) is 0 Å². The first-order valence-electron chi connectivity index (χ1n) is 10.3. The van der Waals surface area contributed by atoms with Crippen molar-refractivity contribution in [2.45, 2.75) is 26.4 Å². The minimum atomic E-state index is 0.265. The summed E-state index contributed by atoms with van der Waals surface area (Å²) in [6.45, 7) is 10.6. The van der Waals surface area contributed by atoms with Gasteiger partial charge in [-0.05, 0) is 37.1 Å². The predicted molar refractivity (Wildman–Crippen MR) is 112 cm³/mol. The predicted octanol–water partition coefficient (Wildman–Crippen LogP) is 3.65. The normalized spacial score (nSPS) is 15.9. The number of nitrogens with one attached hydrogen (secondary N) is 1. The van der Waals surface area contributed by atoms with E-state index in [0.29, 0.717) is 13.2 Å². The second-order valence-corrected chi connectivity index (χ2v) is 6.90. The fourth-order valence-electron chi connectivity index (χ4n) is 3.46. The molecule has 1 fully saturated rings. The van der Waals surface area contributed by atoms with Crippen LogP contribution in [0.25, 0.3) is 0 Å². The van der Waals surface area contributed by atoms with Crippen molar-refractivity contribution in [1.29, 1.82) is 0 Å². The Labute approximate surface area is 168 Å². The van der Waals surface area contributed by atoms with Crippen molar-refractivity contribution in [1.82, 2.24) is 10.2 Å². The Morgan fingerprint density at radius 1 is 0.964 bits per heavy atom. The van der Waals surface area contributed by atoms with E-state index in [1.807, 2.05) is 19.9 Å². The molecule has 2 aromatic rings. The molecular formula is C23H32N2O3. The van der Waals surface area contributed by atoms with Crippen molar-refractivity contribution < 1.29 is 14.2 Å². The number of morpholine rings is 1. The molecule has 1 aliphatic heterocycles. The molecule has 0 radical (unpaired) electrons. The van der Waals surface area contributed by atoms with Gasteiger partial charge in [-0.3, -0.25) is 4.90 Å². The number of ether oxygens (including phenoxy) is 3. The van der Waals surface area contributed by atoms with E-state index < -0.39 is 0 Å². The molecule has 1 atom stereocenters. The van der Waals surface area contributed by atoms with Crippen LogP contribution in [0.1, 0.15) is 31.0 Å². The van der Waals surface area contributed by atoms with Crippen molar-refractivity contribution >= 4 is 0 Å². The van der Waals surface area contributed by atoms with Crippen LogP contribution in [0, 0.1) is 0 Å². The van der Waals surface area contributed by atoms with Crippen molar-refractivity contribution in [3.8, 4) is 11.5 Å². The summed E-state index contributed by atoms with van der Waals surface area (Å²) in [4.78, 5) is 2.47. The SMILES string of the molecule is CCOc1ccc(CNC(CN2CCOCC2)c2ccccc2)cc1OCC. The molecule has 0 aromatic heterocycles. The standard InChI is InChI=1S/C23H32N2O3/c1-3-27-22-11-10-19(16-23(22)28-4-2)17-24-21(20-8-6-5-7-9-20)18-25-12-14-26-15-13-25/h5-11,16,21,24H,3-4,12-15,17-18H2,1-2H3. The molecule has 5 nitrogen and oxygen atoms in total. The summed E-state index contributed by atoms with van der Waals surface area (Å²) in [5, 5.41) is 3.74. The lowest BCUT2D eigenvalue weighted by Gasteiger charge is -2.31. The van der Waals surface area contributed by atoms with E-state index in [2.05, 4.69) is 52.7 Å². The van der Waals surface area contributed by atoms with E-state index in [0.717, 1.165) is 50.9 Å². The molecule has 152 valence electrons. The van der Waals surface area contributed by atoms with Crippen molar-refractivity contribution in [3.05, 3.63) is 59.7 Å². The minimum absolute atomic E-state index is 0.265. The zero-order valence-corrected chi connectivity index (χ0v) is 17.0. The first-order valence-corrected chi connectivity index (χ1v) is 10.3. The second-order valence-electron chi connectivity index (χ2n) is 6.90. The van der Waals surface area contributed by atoms with E-state index >= 15 is 0 Å². The lowest BCUT2D eigenvalue weighted by atomic mass is 10.1. The second kappa shape index (κ2) is 11.1. The summed E-state index contributed by atoms with van der Waals surface area (Å²) in [6.07, 6.45) is 0. The molecule has 1 unspecified atom stereocenters. The Hall–Kier alpha value is -2.08. The smallest absolute Gasteiger partial charge is 0.161 e. The van der Waals surface area contributed by atoms with Crippen LogP contribution >= 0.6 is 0 Å². The Morgan fingerprint density at radius 3 is 2.39 bits per heavy atom.